The molecule has 244 valence electrons. The Bertz CT molecular complexity index is 1660. The summed E-state index contributed by atoms with van der Waals surface area (Å²) in [6, 6.07) is 25.9. The van der Waals surface area contributed by atoms with E-state index in [1.54, 1.807) is 26.0 Å². The quantitative estimate of drug-likeness (QED) is 0.100. The third kappa shape index (κ3) is 7.88. The zero-order chi connectivity index (χ0) is 32.2. The molecule has 2 heterocycles. The van der Waals surface area contributed by atoms with Gasteiger partial charge in [-0.05, 0) is 37.1 Å². The van der Waals surface area contributed by atoms with E-state index >= 15 is 0 Å². The van der Waals surface area contributed by atoms with Crippen LogP contribution in [0.5, 0.6) is 0 Å². The van der Waals surface area contributed by atoms with Crippen molar-refractivity contribution in [3.63, 3.8) is 0 Å². The molecular formula is C34H39ClN3O7P. The Morgan fingerprint density at radius 1 is 1.00 bits per heavy atom. The monoisotopic (exact) mass is 667 g/mol. The number of nitro groups is 1. The van der Waals surface area contributed by atoms with Gasteiger partial charge in [0.1, 0.15) is 6.61 Å². The average Bonchev–Trinajstić information content (AvgIpc) is 3.02. The summed E-state index contributed by atoms with van der Waals surface area (Å²) in [6.45, 7) is 8.80. The van der Waals surface area contributed by atoms with E-state index in [0.717, 1.165) is 11.3 Å². The number of ether oxygens (including phenoxy) is 1. The van der Waals surface area contributed by atoms with Crippen LogP contribution in [0.2, 0.25) is 0 Å². The van der Waals surface area contributed by atoms with Gasteiger partial charge in [0.2, 0.25) is 0 Å². The van der Waals surface area contributed by atoms with Gasteiger partial charge < -0.3 is 24.0 Å². The van der Waals surface area contributed by atoms with Gasteiger partial charge in [0.25, 0.3) is 5.69 Å². The van der Waals surface area contributed by atoms with Crippen LogP contribution in [0.25, 0.3) is 0 Å². The van der Waals surface area contributed by atoms with Crippen molar-refractivity contribution in [1.29, 1.82) is 0 Å². The summed E-state index contributed by atoms with van der Waals surface area (Å²) in [4.78, 5) is 27.3. The van der Waals surface area contributed by atoms with Gasteiger partial charge in [-0.3, -0.25) is 14.7 Å². The largest absolute Gasteiger partial charge is 0.460 e. The zero-order valence-electron chi connectivity index (χ0n) is 26.3. The lowest BCUT2D eigenvalue weighted by Gasteiger charge is -2.39. The fourth-order valence-corrected chi connectivity index (χ4v) is 8.02. The van der Waals surface area contributed by atoms with Crippen molar-refractivity contribution in [2.75, 3.05) is 31.3 Å². The van der Waals surface area contributed by atoms with E-state index in [2.05, 4.69) is 10.2 Å². The fourth-order valence-electron chi connectivity index (χ4n) is 5.57. The molecule has 0 aliphatic carbocycles. The lowest BCUT2D eigenvalue weighted by atomic mass is 9.86. The summed E-state index contributed by atoms with van der Waals surface area (Å²) >= 11 is 0. The summed E-state index contributed by atoms with van der Waals surface area (Å²) < 4.78 is 32.1. The lowest BCUT2D eigenvalue weighted by Crippen LogP contribution is -2.34. The Kier molecular flexibility index (Phi) is 11.1. The van der Waals surface area contributed by atoms with Gasteiger partial charge in [-0.2, -0.15) is 0 Å². The van der Waals surface area contributed by atoms with Gasteiger partial charge in [0.05, 0.1) is 41.5 Å². The molecule has 0 spiro atoms. The summed E-state index contributed by atoms with van der Waals surface area (Å²) in [5, 5.41) is 15.1. The number of rotatable bonds is 10. The van der Waals surface area contributed by atoms with Crippen LogP contribution in [-0.4, -0.2) is 37.3 Å². The highest BCUT2D eigenvalue weighted by Crippen LogP contribution is 2.66. The van der Waals surface area contributed by atoms with E-state index in [0.29, 0.717) is 30.0 Å². The maximum atomic E-state index is 14.3. The first-order valence-corrected chi connectivity index (χ1v) is 16.4. The second kappa shape index (κ2) is 14.6. The van der Waals surface area contributed by atoms with Crippen molar-refractivity contribution < 1.29 is 28.1 Å². The third-order valence-electron chi connectivity index (χ3n) is 7.84. The molecule has 1 saturated heterocycles. The second-order valence-electron chi connectivity index (χ2n) is 12.0. The number of halogens is 1. The number of hydrogen-bond acceptors (Lipinski definition) is 9. The molecule has 3 aromatic carbocycles. The Balaban J connectivity index is 0.00000480. The Morgan fingerprint density at radius 2 is 1.63 bits per heavy atom. The van der Waals surface area contributed by atoms with Crippen molar-refractivity contribution >= 4 is 37.3 Å². The number of benzene rings is 3. The number of para-hydroxylation sites is 1. The molecule has 0 saturated carbocycles. The summed E-state index contributed by atoms with van der Waals surface area (Å²) in [6.07, 6.45) is 0. The number of nitrogens with zero attached hydrogens (tertiary/aromatic N) is 2. The number of hydrogen-bond donors (Lipinski definition) is 1. The van der Waals surface area contributed by atoms with E-state index in [4.69, 9.17) is 13.8 Å². The second-order valence-corrected chi connectivity index (χ2v) is 14.0. The van der Waals surface area contributed by atoms with E-state index in [9.17, 15) is 19.5 Å². The summed E-state index contributed by atoms with van der Waals surface area (Å²) in [7, 11) is -3.91. The number of non-ortho nitro benzene ring substituents is 1. The van der Waals surface area contributed by atoms with Crippen molar-refractivity contribution in [2.24, 2.45) is 5.41 Å². The Morgan fingerprint density at radius 3 is 2.26 bits per heavy atom. The zero-order valence-corrected chi connectivity index (χ0v) is 28.0. The molecule has 5 rings (SSSR count). The van der Waals surface area contributed by atoms with Crippen LogP contribution in [0, 0.1) is 15.5 Å². The van der Waals surface area contributed by atoms with Crippen molar-refractivity contribution in [3.8, 4) is 0 Å². The number of anilines is 1. The summed E-state index contributed by atoms with van der Waals surface area (Å²) in [5.41, 5.74) is 3.18. The average molecular weight is 668 g/mol. The van der Waals surface area contributed by atoms with Gasteiger partial charge in [-0.15, -0.1) is 12.4 Å². The van der Waals surface area contributed by atoms with Gasteiger partial charge >= 0.3 is 13.6 Å². The molecule has 2 aliphatic heterocycles. The standard InChI is InChI=1S/C34H38N3O7P.ClH/c1-24-30(33(38)42-19-18-36(28-15-9-6-10-16-28)21-26-12-7-5-8-13-26)31(27-14-11-17-29(20-27)37(39)40)32(25(2)35-24)45(41)43-22-34(3,4)23-44-45;/h5-17,20,31,35H,18-19,21-23H2,1-4H3;1H/t31-;/m0./s1. The van der Waals surface area contributed by atoms with E-state index in [1.165, 1.54) is 12.1 Å². The minimum atomic E-state index is -3.91. The predicted molar refractivity (Wildman–Crippen MR) is 180 cm³/mol. The van der Waals surface area contributed by atoms with Gasteiger partial charge in [-0.1, -0.05) is 74.5 Å². The highest BCUT2D eigenvalue weighted by Gasteiger charge is 2.48. The van der Waals surface area contributed by atoms with Crippen LogP contribution in [0.3, 0.4) is 0 Å². The van der Waals surface area contributed by atoms with Crippen molar-refractivity contribution in [2.45, 2.75) is 40.2 Å². The number of carbonyl (C=O) groups is 1. The van der Waals surface area contributed by atoms with Crippen molar-refractivity contribution in [3.05, 3.63) is 128 Å². The molecule has 0 aromatic heterocycles. The number of nitro benzene ring substituents is 1. The molecular weight excluding hydrogens is 629 g/mol. The topological polar surface area (TPSA) is 120 Å². The number of carbonyl (C=O) groups excluding carboxylic acids is 1. The minimum Gasteiger partial charge on any atom is -0.460 e. The molecule has 1 atom stereocenters. The van der Waals surface area contributed by atoms with E-state index in [1.807, 2.05) is 74.5 Å². The maximum absolute atomic E-state index is 14.3. The first-order chi connectivity index (χ1) is 21.5. The smallest absolute Gasteiger partial charge is 0.360 e. The van der Waals surface area contributed by atoms with E-state index < -0.39 is 24.4 Å². The van der Waals surface area contributed by atoms with Crippen LogP contribution in [0.15, 0.2) is 107 Å². The van der Waals surface area contributed by atoms with Crippen LogP contribution >= 0.6 is 20.0 Å². The van der Waals surface area contributed by atoms with Crippen LogP contribution in [0.4, 0.5) is 11.4 Å². The Hall–Kier alpha value is -3.95. The van der Waals surface area contributed by atoms with Gasteiger partial charge in [0.15, 0.2) is 0 Å². The summed E-state index contributed by atoms with van der Waals surface area (Å²) in [5.74, 6) is -1.58. The van der Waals surface area contributed by atoms with Gasteiger partial charge in [0, 0.05) is 41.2 Å². The SMILES string of the molecule is CC1=C(C(=O)OCCN(Cc2ccccc2)c2ccccc2)[C@H](c2cccc([N+](=O)[O-])c2)C(P2(=O)OCC(C)(C)CO2)=C(C)N1.Cl. The highest BCUT2D eigenvalue weighted by molar-refractivity contribution is 7.58. The molecule has 1 N–H and O–H groups in total. The molecule has 2 aliphatic rings. The van der Waals surface area contributed by atoms with Crippen LogP contribution < -0.4 is 10.2 Å². The number of dihydropyridines is 1. The normalized spacial score (nSPS) is 18.7. The molecule has 46 heavy (non-hydrogen) atoms. The molecule has 0 bridgehead atoms. The highest BCUT2D eigenvalue weighted by atomic mass is 35.5. The predicted octanol–water partition coefficient (Wildman–Crippen LogP) is 7.73. The molecule has 0 amide bonds. The molecule has 10 nitrogen and oxygen atoms in total. The van der Waals surface area contributed by atoms with Crippen LogP contribution in [0.1, 0.15) is 44.7 Å². The first kappa shape index (κ1) is 34.9. The van der Waals surface area contributed by atoms with Gasteiger partial charge in [-0.25, -0.2) is 4.79 Å². The Labute approximate surface area is 275 Å². The maximum Gasteiger partial charge on any atom is 0.360 e. The molecule has 0 unspecified atom stereocenters. The molecule has 12 heteroatoms. The molecule has 3 aromatic rings. The molecule has 0 radical (unpaired) electrons. The first-order valence-electron chi connectivity index (χ1n) is 14.8. The number of allylic oxidation sites excluding steroid dienone is 3. The van der Waals surface area contributed by atoms with E-state index in [-0.39, 0.29) is 54.2 Å². The van der Waals surface area contributed by atoms with Crippen LogP contribution in [-0.2, 0) is 29.7 Å². The lowest BCUT2D eigenvalue weighted by molar-refractivity contribution is -0.384. The number of nitrogens with one attached hydrogen (secondary N) is 1. The fraction of sp³-hybridized carbons (Fsp3) is 0.324. The molecule has 1 fully saturated rings. The van der Waals surface area contributed by atoms with Crippen molar-refractivity contribution in [1.82, 2.24) is 5.32 Å². The minimum absolute atomic E-state index is 0. The number of esters is 1. The third-order valence-corrected chi connectivity index (χ3v) is 9.96.